The number of aliphatic hydroxyl groups is 1. The summed E-state index contributed by atoms with van der Waals surface area (Å²) in [6, 6.07) is 13.7. The maximum atomic E-state index is 9.77. The second-order valence-electron chi connectivity index (χ2n) is 11.1. The van der Waals surface area contributed by atoms with Gasteiger partial charge in [-0.05, 0) is 36.4 Å². The Labute approximate surface area is 227 Å². The van der Waals surface area contributed by atoms with Crippen LogP contribution in [0.4, 0.5) is 0 Å². The number of aliphatic hydroxyl groups excluding tert-OH is 1. The molecule has 0 aliphatic heterocycles. The topological polar surface area (TPSA) is 96.5 Å². The van der Waals surface area contributed by atoms with E-state index in [1.807, 2.05) is 41.1 Å². The normalized spacial score (nSPS) is 12.1. The highest BCUT2D eigenvalue weighted by Gasteiger charge is 2.15. The standard InChI is InChI=1S/C27H39N5O4Si2/c1-37(2)14-12-34-19-31-25(10-11-29-31)21-6-9-27(28-17-21)36-22-7-8-23-24(18-33)30-32(26(23)16-22)20-35-13-15-38(3,4)5/h6-11,16-17,33,37H,12-15,18-20H2,1-5H3. The summed E-state index contributed by atoms with van der Waals surface area (Å²) in [5, 5.41) is 19.6. The molecular weight excluding hydrogens is 515 g/mol. The van der Waals surface area contributed by atoms with Crippen LogP contribution in [0.1, 0.15) is 5.69 Å². The molecule has 0 radical (unpaired) electrons. The average molecular weight is 554 g/mol. The zero-order chi connectivity index (χ0) is 27.1. The van der Waals surface area contributed by atoms with E-state index in [0.717, 1.165) is 40.9 Å². The fraction of sp³-hybridized carbons (Fsp3) is 0.444. The first kappa shape index (κ1) is 28.2. The van der Waals surface area contributed by atoms with Crippen molar-refractivity contribution >= 4 is 27.8 Å². The number of hydrogen-bond acceptors (Lipinski definition) is 7. The maximum absolute atomic E-state index is 9.77. The molecule has 0 saturated heterocycles. The molecule has 0 fully saturated rings. The number of rotatable bonds is 14. The van der Waals surface area contributed by atoms with E-state index in [-0.39, 0.29) is 6.61 Å². The third-order valence-electron chi connectivity index (χ3n) is 6.18. The van der Waals surface area contributed by atoms with Gasteiger partial charge in [0.05, 0.1) is 23.5 Å². The molecule has 0 amide bonds. The Morgan fingerprint density at radius 3 is 2.47 bits per heavy atom. The molecule has 1 N–H and O–H groups in total. The van der Waals surface area contributed by atoms with Gasteiger partial charge in [0.2, 0.25) is 5.88 Å². The molecule has 0 aliphatic carbocycles. The summed E-state index contributed by atoms with van der Waals surface area (Å²) in [5.41, 5.74) is 3.35. The molecule has 9 nitrogen and oxygen atoms in total. The van der Waals surface area contributed by atoms with E-state index in [2.05, 4.69) is 47.9 Å². The van der Waals surface area contributed by atoms with Gasteiger partial charge in [0.15, 0.2) is 0 Å². The quantitative estimate of drug-likeness (QED) is 0.166. The molecule has 1 aromatic carbocycles. The molecular formula is C27H39N5O4Si2. The second kappa shape index (κ2) is 12.8. The first-order valence-corrected chi connectivity index (χ1v) is 20.0. The van der Waals surface area contributed by atoms with E-state index < -0.39 is 16.9 Å². The lowest BCUT2D eigenvalue weighted by atomic mass is 10.2. The molecule has 38 heavy (non-hydrogen) atoms. The third kappa shape index (κ3) is 7.61. The fourth-order valence-corrected chi connectivity index (χ4v) is 5.29. The highest BCUT2D eigenvalue weighted by molar-refractivity contribution is 6.76. The van der Waals surface area contributed by atoms with Crippen LogP contribution in [-0.4, -0.2) is 59.7 Å². The highest BCUT2D eigenvalue weighted by Crippen LogP contribution is 2.28. The van der Waals surface area contributed by atoms with Crippen LogP contribution < -0.4 is 4.74 Å². The molecule has 3 aromatic heterocycles. The van der Waals surface area contributed by atoms with Gasteiger partial charge < -0.3 is 19.3 Å². The number of fused-ring (bicyclic) bond motifs is 1. The number of ether oxygens (including phenoxy) is 3. The Balaban J connectivity index is 1.43. The monoisotopic (exact) mass is 553 g/mol. The van der Waals surface area contributed by atoms with Crippen LogP contribution in [0.15, 0.2) is 48.8 Å². The summed E-state index contributed by atoms with van der Waals surface area (Å²) in [7, 11) is -1.79. The minimum Gasteiger partial charge on any atom is -0.439 e. The lowest BCUT2D eigenvalue weighted by Gasteiger charge is -2.15. The lowest BCUT2D eigenvalue weighted by Crippen LogP contribution is -2.22. The van der Waals surface area contributed by atoms with E-state index in [0.29, 0.717) is 37.4 Å². The Bertz CT molecular complexity index is 1320. The number of pyridine rings is 1. The van der Waals surface area contributed by atoms with Gasteiger partial charge in [-0.2, -0.15) is 10.2 Å². The zero-order valence-electron chi connectivity index (χ0n) is 23.1. The zero-order valence-corrected chi connectivity index (χ0v) is 25.2. The van der Waals surface area contributed by atoms with Gasteiger partial charge in [-0.25, -0.2) is 14.3 Å². The Kier molecular flexibility index (Phi) is 9.50. The second-order valence-corrected chi connectivity index (χ2v) is 20.0. The van der Waals surface area contributed by atoms with Gasteiger partial charge in [-0.15, -0.1) is 0 Å². The molecule has 4 aromatic rings. The number of nitrogens with zero attached hydrogens (tertiary/aromatic N) is 5. The summed E-state index contributed by atoms with van der Waals surface area (Å²) in [4.78, 5) is 4.52. The van der Waals surface area contributed by atoms with Crippen molar-refractivity contribution in [3.63, 3.8) is 0 Å². The summed E-state index contributed by atoms with van der Waals surface area (Å²) >= 11 is 0. The van der Waals surface area contributed by atoms with Crippen molar-refractivity contribution in [3.8, 4) is 22.9 Å². The third-order valence-corrected chi connectivity index (χ3v) is 9.28. The van der Waals surface area contributed by atoms with Crippen molar-refractivity contribution in [3.05, 3.63) is 54.5 Å². The molecule has 0 unspecified atom stereocenters. The Hall–Kier alpha value is -2.84. The van der Waals surface area contributed by atoms with Crippen LogP contribution in [0.25, 0.3) is 22.2 Å². The molecule has 0 bridgehead atoms. The number of benzene rings is 1. The van der Waals surface area contributed by atoms with Crippen LogP contribution in [0.5, 0.6) is 11.6 Å². The average Bonchev–Trinajstić information content (AvgIpc) is 3.48. The maximum Gasteiger partial charge on any atom is 0.219 e. The fourth-order valence-electron chi connectivity index (χ4n) is 3.89. The van der Waals surface area contributed by atoms with Crippen LogP contribution in [0.2, 0.25) is 44.8 Å². The molecule has 0 atom stereocenters. The number of hydrogen-bond donors (Lipinski definition) is 1. The van der Waals surface area contributed by atoms with Crippen molar-refractivity contribution in [2.24, 2.45) is 0 Å². The largest absolute Gasteiger partial charge is 0.439 e. The van der Waals surface area contributed by atoms with E-state index in [1.54, 1.807) is 17.1 Å². The van der Waals surface area contributed by atoms with Gasteiger partial charge in [0.1, 0.15) is 19.2 Å². The summed E-state index contributed by atoms with van der Waals surface area (Å²) < 4.78 is 21.4. The highest BCUT2D eigenvalue weighted by atomic mass is 28.3. The van der Waals surface area contributed by atoms with Crippen molar-refractivity contribution < 1.29 is 19.3 Å². The molecule has 3 heterocycles. The Morgan fingerprint density at radius 2 is 1.76 bits per heavy atom. The van der Waals surface area contributed by atoms with Gasteiger partial charge in [0.25, 0.3) is 0 Å². The molecule has 4 rings (SSSR count). The van der Waals surface area contributed by atoms with Gasteiger partial charge in [0, 0.05) is 65.6 Å². The molecule has 0 spiro atoms. The molecule has 0 aliphatic rings. The van der Waals surface area contributed by atoms with Crippen LogP contribution in [0.3, 0.4) is 0 Å². The van der Waals surface area contributed by atoms with Crippen LogP contribution in [-0.2, 0) is 29.5 Å². The number of aromatic nitrogens is 5. The van der Waals surface area contributed by atoms with E-state index in [9.17, 15) is 5.11 Å². The summed E-state index contributed by atoms with van der Waals surface area (Å²) in [6.07, 6.45) is 3.55. The molecule has 11 heteroatoms. The van der Waals surface area contributed by atoms with E-state index in [4.69, 9.17) is 14.2 Å². The van der Waals surface area contributed by atoms with Crippen LogP contribution >= 0.6 is 0 Å². The van der Waals surface area contributed by atoms with Gasteiger partial charge in [-0.3, -0.25) is 0 Å². The van der Waals surface area contributed by atoms with Crippen molar-refractivity contribution in [2.45, 2.75) is 64.9 Å². The molecule has 0 saturated carbocycles. The van der Waals surface area contributed by atoms with Crippen LogP contribution in [0, 0.1) is 0 Å². The smallest absolute Gasteiger partial charge is 0.219 e. The predicted octanol–water partition coefficient (Wildman–Crippen LogP) is 5.35. The lowest BCUT2D eigenvalue weighted by molar-refractivity contribution is 0.0801. The minimum atomic E-state index is -1.17. The van der Waals surface area contributed by atoms with Gasteiger partial charge >= 0.3 is 0 Å². The van der Waals surface area contributed by atoms with Gasteiger partial charge in [-0.1, -0.05) is 32.7 Å². The predicted molar refractivity (Wildman–Crippen MR) is 155 cm³/mol. The first-order chi connectivity index (χ1) is 18.2. The van der Waals surface area contributed by atoms with Crippen molar-refractivity contribution in [2.75, 3.05) is 13.2 Å². The van der Waals surface area contributed by atoms with Crippen molar-refractivity contribution in [1.82, 2.24) is 24.5 Å². The summed E-state index contributed by atoms with van der Waals surface area (Å²) in [6.45, 7) is 13.7. The first-order valence-electron chi connectivity index (χ1n) is 13.2. The summed E-state index contributed by atoms with van der Waals surface area (Å²) in [5.74, 6) is 1.12. The minimum absolute atomic E-state index is 0.136. The molecule has 204 valence electrons. The van der Waals surface area contributed by atoms with E-state index in [1.165, 1.54) is 0 Å². The SMILES string of the molecule is C[SiH](C)CCOCn1nccc1-c1ccc(Oc2ccc3c(CO)nn(COCC[Si](C)(C)C)c3c2)nc1. The van der Waals surface area contributed by atoms with E-state index >= 15 is 0 Å². The Morgan fingerprint density at radius 1 is 0.974 bits per heavy atom. The van der Waals surface area contributed by atoms with Crippen molar-refractivity contribution in [1.29, 1.82) is 0 Å².